The Kier molecular flexibility index (Phi) is 8.37. The Morgan fingerprint density at radius 1 is 1.07 bits per heavy atom. The number of aliphatic hydroxyl groups is 2. The number of aliphatic hydroxyl groups excluding tert-OH is 1. The molecular weight excluding hydrogens is 518 g/mol. The van der Waals surface area contributed by atoms with Gasteiger partial charge in [0.2, 0.25) is 0 Å². The lowest BCUT2D eigenvalue weighted by Crippen LogP contribution is -2.44. The van der Waals surface area contributed by atoms with Crippen molar-refractivity contribution in [3.05, 3.63) is 120 Å². The van der Waals surface area contributed by atoms with Crippen LogP contribution in [0.3, 0.4) is 0 Å². The first kappa shape index (κ1) is 27.9. The zero-order chi connectivity index (χ0) is 28.8. The minimum Gasteiger partial charge on any atom is -0.396 e. The third kappa shape index (κ3) is 5.96. The molecule has 210 valence electrons. The normalized spacial score (nSPS) is 17.1. The van der Waals surface area contributed by atoms with Crippen LogP contribution in [-0.4, -0.2) is 43.6 Å². The molecule has 2 heterocycles. The van der Waals surface area contributed by atoms with Crippen molar-refractivity contribution in [2.75, 3.05) is 16.8 Å². The molecule has 1 aliphatic heterocycles. The van der Waals surface area contributed by atoms with Crippen molar-refractivity contribution in [1.29, 1.82) is 0 Å². The van der Waals surface area contributed by atoms with Crippen molar-refractivity contribution in [2.24, 2.45) is 5.92 Å². The van der Waals surface area contributed by atoms with Crippen LogP contribution in [0.4, 0.5) is 11.4 Å². The molecule has 9 nitrogen and oxygen atoms in total. The molecule has 0 radical (unpaired) electrons. The number of amides is 2. The minimum atomic E-state index is -1.71. The number of fused-ring (bicyclic) bond motifs is 1. The summed E-state index contributed by atoms with van der Waals surface area (Å²) in [5, 5.41) is 31.9. The van der Waals surface area contributed by atoms with Crippen LogP contribution in [-0.2, 0) is 29.9 Å². The lowest BCUT2D eigenvalue weighted by atomic mass is 9.83. The van der Waals surface area contributed by atoms with E-state index in [9.17, 15) is 14.7 Å². The molecule has 0 saturated carbocycles. The average molecular weight is 552 g/mol. The molecule has 2 atom stereocenters. The summed E-state index contributed by atoms with van der Waals surface area (Å²) in [7, 11) is 0. The van der Waals surface area contributed by atoms with E-state index in [4.69, 9.17) is 5.11 Å². The molecule has 0 fully saturated rings. The molecule has 1 aromatic heterocycles. The summed E-state index contributed by atoms with van der Waals surface area (Å²) in [5.74, 6) is -1.09. The first-order chi connectivity index (χ1) is 19.9. The highest BCUT2D eigenvalue weighted by atomic mass is 16.3. The first-order valence-corrected chi connectivity index (χ1v) is 13.7. The molecular formula is C32H33N5O4. The maximum absolute atomic E-state index is 13.8. The minimum absolute atomic E-state index is 0.0253. The number of para-hydroxylation sites is 1. The molecule has 3 aromatic carbocycles. The zero-order valence-electron chi connectivity index (χ0n) is 22.9. The van der Waals surface area contributed by atoms with E-state index in [1.807, 2.05) is 73.7 Å². The van der Waals surface area contributed by atoms with Crippen molar-refractivity contribution < 1.29 is 19.8 Å². The van der Waals surface area contributed by atoms with E-state index in [0.717, 1.165) is 11.3 Å². The van der Waals surface area contributed by atoms with E-state index >= 15 is 0 Å². The fourth-order valence-electron chi connectivity index (χ4n) is 5.10. The Labute approximate surface area is 238 Å². The van der Waals surface area contributed by atoms with Gasteiger partial charge in [0.25, 0.3) is 11.8 Å². The molecule has 5 rings (SSSR count). The van der Waals surface area contributed by atoms with Gasteiger partial charge < -0.3 is 20.4 Å². The monoisotopic (exact) mass is 551 g/mol. The number of rotatable bonds is 11. The SMILES string of the molecule is C[C@H](/C=C/CCn1cc(CCO)nn1)[C@@]1(O)C(=O)N(Cc2cccc(NC(=O)c3ccccc3)c2)c2ccccc21. The van der Waals surface area contributed by atoms with Gasteiger partial charge in [-0.1, -0.05) is 72.8 Å². The van der Waals surface area contributed by atoms with E-state index in [1.54, 1.807) is 40.0 Å². The van der Waals surface area contributed by atoms with Gasteiger partial charge in [0.1, 0.15) is 0 Å². The van der Waals surface area contributed by atoms with Crippen molar-refractivity contribution in [2.45, 2.75) is 38.5 Å². The number of anilines is 2. The second-order valence-corrected chi connectivity index (χ2v) is 10.1. The molecule has 9 heteroatoms. The maximum Gasteiger partial charge on any atom is 0.264 e. The number of carbonyl (C=O) groups excluding carboxylic acids is 2. The van der Waals surface area contributed by atoms with Gasteiger partial charge in [0, 0.05) is 48.5 Å². The second-order valence-electron chi connectivity index (χ2n) is 10.1. The third-order valence-corrected chi connectivity index (χ3v) is 7.30. The third-order valence-electron chi connectivity index (χ3n) is 7.30. The Morgan fingerprint density at radius 2 is 1.85 bits per heavy atom. The van der Waals surface area contributed by atoms with Gasteiger partial charge in [-0.15, -0.1) is 5.10 Å². The lowest BCUT2D eigenvalue weighted by Gasteiger charge is -2.27. The van der Waals surface area contributed by atoms with Crippen LogP contribution in [0.5, 0.6) is 0 Å². The van der Waals surface area contributed by atoms with Gasteiger partial charge >= 0.3 is 0 Å². The number of nitrogens with one attached hydrogen (secondary N) is 1. The molecule has 0 spiro atoms. The van der Waals surface area contributed by atoms with E-state index in [2.05, 4.69) is 15.6 Å². The molecule has 2 amide bonds. The zero-order valence-corrected chi connectivity index (χ0v) is 22.9. The fraction of sp³-hybridized carbons (Fsp3) is 0.250. The topological polar surface area (TPSA) is 121 Å². The standard InChI is InChI=1S/C32H33N5O4/c1-23(10-7-8-18-36-22-27(17-19-38)34-35-36)32(41)28-15-5-6-16-29(28)37(31(32)40)21-24-11-9-14-26(20-24)33-30(39)25-12-3-2-4-13-25/h2-7,9-16,20,22-23,38,41H,8,17-19,21H2,1H3,(H,33,39)/b10-7+/t23-,32+/m1/s1. The Bertz CT molecular complexity index is 1550. The molecule has 0 bridgehead atoms. The summed E-state index contributed by atoms with van der Waals surface area (Å²) in [6, 6.07) is 23.7. The van der Waals surface area contributed by atoms with Crippen LogP contribution in [0.1, 0.15) is 40.5 Å². The van der Waals surface area contributed by atoms with Crippen molar-refractivity contribution in [3.63, 3.8) is 0 Å². The Balaban J connectivity index is 1.29. The largest absolute Gasteiger partial charge is 0.396 e. The molecule has 1 aliphatic rings. The van der Waals surface area contributed by atoms with Crippen molar-refractivity contribution in [3.8, 4) is 0 Å². The maximum atomic E-state index is 13.8. The quantitative estimate of drug-likeness (QED) is 0.242. The van der Waals surface area contributed by atoms with Gasteiger partial charge in [-0.3, -0.25) is 14.3 Å². The van der Waals surface area contributed by atoms with Crippen LogP contribution in [0.2, 0.25) is 0 Å². The van der Waals surface area contributed by atoms with E-state index < -0.39 is 11.5 Å². The molecule has 0 saturated heterocycles. The number of hydrogen-bond donors (Lipinski definition) is 3. The highest BCUT2D eigenvalue weighted by molar-refractivity contribution is 6.07. The first-order valence-electron chi connectivity index (χ1n) is 13.7. The molecule has 41 heavy (non-hydrogen) atoms. The van der Waals surface area contributed by atoms with Crippen LogP contribution >= 0.6 is 0 Å². The Morgan fingerprint density at radius 3 is 2.66 bits per heavy atom. The number of nitrogens with zero attached hydrogens (tertiary/aromatic N) is 4. The van der Waals surface area contributed by atoms with Crippen LogP contribution in [0, 0.1) is 5.92 Å². The van der Waals surface area contributed by atoms with E-state index in [0.29, 0.717) is 41.9 Å². The molecule has 0 aliphatic carbocycles. The van der Waals surface area contributed by atoms with Crippen LogP contribution in [0.15, 0.2) is 97.2 Å². The van der Waals surface area contributed by atoms with Crippen molar-refractivity contribution >= 4 is 23.2 Å². The highest BCUT2D eigenvalue weighted by Crippen LogP contribution is 2.45. The van der Waals surface area contributed by atoms with Crippen molar-refractivity contribution in [1.82, 2.24) is 15.0 Å². The summed E-state index contributed by atoms with van der Waals surface area (Å²) < 4.78 is 1.71. The van der Waals surface area contributed by atoms with Crippen LogP contribution in [0.25, 0.3) is 0 Å². The summed E-state index contributed by atoms with van der Waals surface area (Å²) in [6.45, 7) is 2.70. The van der Waals surface area contributed by atoms with Gasteiger partial charge in [0.15, 0.2) is 5.60 Å². The van der Waals surface area contributed by atoms with Gasteiger partial charge in [0.05, 0.1) is 17.9 Å². The number of aromatic nitrogens is 3. The fourth-order valence-corrected chi connectivity index (χ4v) is 5.10. The molecule has 3 N–H and O–H groups in total. The number of benzene rings is 3. The smallest absolute Gasteiger partial charge is 0.264 e. The Hall–Kier alpha value is -4.60. The second kappa shape index (κ2) is 12.3. The summed E-state index contributed by atoms with van der Waals surface area (Å²) in [4.78, 5) is 28.1. The van der Waals surface area contributed by atoms with Gasteiger partial charge in [-0.05, 0) is 42.3 Å². The lowest BCUT2D eigenvalue weighted by molar-refractivity contribution is -0.139. The number of aryl methyl sites for hydroxylation is 1. The van der Waals surface area contributed by atoms with Crippen LogP contribution < -0.4 is 10.2 Å². The number of hydrogen-bond acceptors (Lipinski definition) is 6. The van der Waals surface area contributed by atoms with E-state index in [1.165, 1.54) is 0 Å². The van der Waals surface area contributed by atoms with E-state index in [-0.39, 0.29) is 25.0 Å². The summed E-state index contributed by atoms with van der Waals surface area (Å²) in [6.07, 6.45) is 6.71. The molecule has 0 unspecified atom stereocenters. The molecule has 4 aromatic rings. The summed E-state index contributed by atoms with van der Waals surface area (Å²) >= 11 is 0. The highest BCUT2D eigenvalue weighted by Gasteiger charge is 2.52. The summed E-state index contributed by atoms with van der Waals surface area (Å²) in [5.41, 5.74) is 2.25. The predicted molar refractivity (Wildman–Crippen MR) is 156 cm³/mol. The van der Waals surface area contributed by atoms with Gasteiger partial charge in [-0.25, -0.2) is 0 Å². The number of carbonyl (C=O) groups is 2. The average Bonchev–Trinajstić information content (AvgIpc) is 3.53. The predicted octanol–water partition coefficient (Wildman–Crippen LogP) is 4.08. The number of allylic oxidation sites excluding steroid dienone is 1. The van der Waals surface area contributed by atoms with Gasteiger partial charge in [-0.2, -0.15) is 0 Å².